The van der Waals surface area contributed by atoms with Crippen molar-refractivity contribution in [1.82, 2.24) is 24.9 Å². The van der Waals surface area contributed by atoms with Gasteiger partial charge in [0.05, 0.1) is 5.52 Å². The molecule has 1 aliphatic rings. The Labute approximate surface area is 166 Å². The molecule has 1 fully saturated rings. The summed E-state index contributed by atoms with van der Waals surface area (Å²) in [4.78, 5) is 21.8. The summed E-state index contributed by atoms with van der Waals surface area (Å²) < 4.78 is 1.66. The molecule has 8 nitrogen and oxygen atoms in total. The van der Waals surface area contributed by atoms with E-state index in [0.29, 0.717) is 24.0 Å². The van der Waals surface area contributed by atoms with Gasteiger partial charge >= 0.3 is 0 Å². The molecule has 0 bridgehead atoms. The molecular weight excluding hydrogens is 368 g/mol. The van der Waals surface area contributed by atoms with Crippen molar-refractivity contribution in [2.45, 2.75) is 25.3 Å². The fraction of sp³-hybridized carbons (Fsp3) is 0.238. The van der Waals surface area contributed by atoms with E-state index in [1.165, 1.54) is 0 Å². The van der Waals surface area contributed by atoms with E-state index in [4.69, 9.17) is 9.97 Å². The first-order chi connectivity index (χ1) is 14.2. The highest BCUT2D eigenvalue weighted by molar-refractivity contribution is 5.93. The molecule has 1 aliphatic heterocycles. The topological polar surface area (TPSA) is 104 Å². The highest BCUT2D eigenvalue weighted by Gasteiger charge is 2.23. The number of aromatic hydroxyl groups is 1. The van der Waals surface area contributed by atoms with Crippen LogP contribution >= 0.6 is 0 Å². The fourth-order valence-electron chi connectivity index (χ4n) is 3.61. The number of phenolic OH excluding ortho intramolecular Hbond substituents is 1. The molecule has 3 N–H and O–H groups in total. The Kier molecular flexibility index (Phi) is 4.23. The van der Waals surface area contributed by atoms with Crippen LogP contribution in [0.2, 0.25) is 0 Å². The molecule has 0 aliphatic carbocycles. The SMILES string of the molecule is O=C1NCCCC[C@H]1Nc1nc2ccccc2c2nc(-c3ccc(O)cc3)nn12. The molecule has 146 valence electrons. The summed E-state index contributed by atoms with van der Waals surface area (Å²) in [6.45, 7) is 0.700. The lowest BCUT2D eigenvalue weighted by Gasteiger charge is -2.16. The van der Waals surface area contributed by atoms with Crippen LogP contribution < -0.4 is 10.6 Å². The number of aromatic nitrogens is 4. The number of rotatable bonds is 3. The number of hydrogen-bond acceptors (Lipinski definition) is 6. The first-order valence-corrected chi connectivity index (χ1v) is 9.68. The van der Waals surface area contributed by atoms with Crippen LogP contribution in [0.15, 0.2) is 48.5 Å². The minimum atomic E-state index is -0.365. The first kappa shape index (κ1) is 17.4. The number of nitrogens with one attached hydrogen (secondary N) is 2. The fourth-order valence-corrected chi connectivity index (χ4v) is 3.61. The Morgan fingerprint density at radius 3 is 2.76 bits per heavy atom. The number of carbonyl (C=O) groups is 1. The van der Waals surface area contributed by atoms with Crippen molar-refractivity contribution in [2.24, 2.45) is 0 Å². The van der Waals surface area contributed by atoms with Crippen LogP contribution in [0, 0.1) is 0 Å². The van der Waals surface area contributed by atoms with Gasteiger partial charge in [-0.2, -0.15) is 4.52 Å². The Hall–Kier alpha value is -3.68. The summed E-state index contributed by atoms with van der Waals surface area (Å²) in [6, 6.07) is 14.1. The normalized spacial score (nSPS) is 17.2. The van der Waals surface area contributed by atoms with Gasteiger partial charge in [0.1, 0.15) is 11.8 Å². The van der Waals surface area contributed by atoms with Crippen LogP contribution in [0.4, 0.5) is 5.95 Å². The minimum absolute atomic E-state index is 0.0236. The molecule has 3 heterocycles. The van der Waals surface area contributed by atoms with Gasteiger partial charge in [0.15, 0.2) is 11.5 Å². The Balaban J connectivity index is 1.65. The van der Waals surface area contributed by atoms with Crippen molar-refractivity contribution in [3.05, 3.63) is 48.5 Å². The van der Waals surface area contributed by atoms with Crippen molar-refractivity contribution in [3.8, 4) is 17.1 Å². The molecule has 0 unspecified atom stereocenters. The molecule has 1 atom stereocenters. The largest absolute Gasteiger partial charge is 0.508 e. The third-order valence-electron chi connectivity index (χ3n) is 5.14. The standard InChI is InChI=1S/C21H20N6O2/c28-14-10-8-13(9-11-14)18-25-19-15-5-1-2-6-16(15)23-21(27(19)26-18)24-17-7-3-4-12-22-20(17)29/h1-2,5-6,8-11,17,28H,3-4,7,12H2,(H,22,29)(H,23,24)/t17-/m1/s1. The quantitative estimate of drug-likeness (QED) is 0.498. The van der Waals surface area contributed by atoms with Crippen molar-refractivity contribution in [3.63, 3.8) is 0 Å². The smallest absolute Gasteiger partial charge is 0.242 e. The highest BCUT2D eigenvalue weighted by Crippen LogP contribution is 2.25. The number of anilines is 1. The Morgan fingerprint density at radius 1 is 1.07 bits per heavy atom. The molecule has 4 aromatic rings. The van der Waals surface area contributed by atoms with Crippen molar-refractivity contribution in [2.75, 3.05) is 11.9 Å². The van der Waals surface area contributed by atoms with E-state index in [-0.39, 0.29) is 17.7 Å². The van der Waals surface area contributed by atoms with Crippen LogP contribution in [-0.2, 0) is 4.79 Å². The van der Waals surface area contributed by atoms with Gasteiger partial charge in [0.25, 0.3) is 0 Å². The van der Waals surface area contributed by atoms with Crippen molar-refractivity contribution in [1.29, 1.82) is 0 Å². The van der Waals surface area contributed by atoms with Gasteiger partial charge in [-0.05, 0) is 55.7 Å². The molecule has 2 aromatic heterocycles. The van der Waals surface area contributed by atoms with Gasteiger partial charge in [0.2, 0.25) is 11.9 Å². The lowest BCUT2D eigenvalue weighted by molar-refractivity contribution is -0.121. The molecule has 8 heteroatoms. The Bertz CT molecular complexity index is 1200. The maximum absolute atomic E-state index is 12.4. The number of carbonyl (C=O) groups excluding carboxylic acids is 1. The zero-order chi connectivity index (χ0) is 19.8. The number of fused-ring (bicyclic) bond motifs is 3. The summed E-state index contributed by atoms with van der Waals surface area (Å²) in [5.41, 5.74) is 2.23. The number of para-hydroxylation sites is 1. The second kappa shape index (κ2) is 7.05. The van der Waals surface area contributed by atoms with Crippen LogP contribution in [0.5, 0.6) is 5.75 Å². The maximum atomic E-state index is 12.4. The van der Waals surface area contributed by atoms with Gasteiger partial charge < -0.3 is 15.7 Å². The molecule has 1 amide bonds. The zero-order valence-electron chi connectivity index (χ0n) is 15.7. The summed E-state index contributed by atoms with van der Waals surface area (Å²) in [7, 11) is 0. The number of hydrogen-bond donors (Lipinski definition) is 3. The predicted octanol–water partition coefficient (Wildman–Crippen LogP) is 2.73. The van der Waals surface area contributed by atoms with Gasteiger partial charge in [0, 0.05) is 17.5 Å². The average Bonchev–Trinajstić information content (AvgIpc) is 3.09. The van der Waals surface area contributed by atoms with Gasteiger partial charge in [-0.1, -0.05) is 12.1 Å². The molecule has 2 aromatic carbocycles. The zero-order valence-corrected chi connectivity index (χ0v) is 15.7. The molecule has 29 heavy (non-hydrogen) atoms. The van der Waals surface area contributed by atoms with Crippen LogP contribution in [-0.4, -0.2) is 43.2 Å². The van der Waals surface area contributed by atoms with E-state index in [2.05, 4.69) is 15.7 Å². The van der Waals surface area contributed by atoms with Crippen molar-refractivity contribution < 1.29 is 9.90 Å². The molecule has 5 rings (SSSR count). The number of nitrogens with zero attached hydrogens (tertiary/aromatic N) is 4. The third-order valence-corrected chi connectivity index (χ3v) is 5.14. The highest BCUT2D eigenvalue weighted by atomic mass is 16.3. The number of benzene rings is 2. The van der Waals surface area contributed by atoms with Gasteiger partial charge in [-0.25, -0.2) is 9.97 Å². The average molecular weight is 388 g/mol. The molecule has 0 saturated carbocycles. The lowest BCUT2D eigenvalue weighted by atomic mass is 10.1. The van der Waals surface area contributed by atoms with Crippen LogP contribution in [0.3, 0.4) is 0 Å². The molecule has 1 saturated heterocycles. The first-order valence-electron chi connectivity index (χ1n) is 9.68. The van der Waals surface area contributed by atoms with E-state index < -0.39 is 0 Å². The second-order valence-electron chi connectivity index (χ2n) is 7.15. The van der Waals surface area contributed by atoms with E-state index in [0.717, 1.165) is 35.7 Å². The van der Waals surface area contributed by atoms with E-state index in [9.17, 15) is 9.90 Å². The molecular formula is C21H20N6O2. The Morgan fingerprint density at radius 2 is 1.90 bits per heavy atom. The molecule has 0 spiro atoms. The third kappa shape index (κ3) is 3.22. The van der Waals surface area contributed by atoms with E-state index >= 15 is 0 Å². The predicted molar refractivity (Wildman–Crippen MR) is 110 cm³/mol. The number of amides is 1. The lowest BCUT2D eigenvalue weighted by Crippen LogP contribution is -2.38. The number of phenols is 1. The van der Waals surface area contributed by atoms with E-state index in [1.54, 1.807) is 28.8 Å². The van der Waals surface area contributed by atoms with Crippen molar-refractivity contribution >= 4 is 28.4 Å². The van der Waals surface area contributed by atoms with Gasteiger partial charge in [-0.15, -0.1) is 5.10 Å². The minimum Gasteiger partial charge on any atom is -0.508 e. The van der Waals surface area contributed by atoms with Crippen LogP contribution in [0.25, 0.3) is 27.9 Å². The summed E-state index contributed by atoms with van der Waals surface area (Å²) >= 11 is 0. The van der Waals surface area contributed by atoms with E-state index in [1.807, 2.05) is 24.3 Å². The monoisotopic (exact) mass is 388 g/mol. The summed E-state index contributed by atoms with van der Waals surface area (Å²) in [5, 5.41) is 21.3. The maximum Gasteiger partial charge on any atom is 0.242 e. The second-order valence-corrected chi connectivity index (χ2v) is 7.15. The molecule has 0 radical (unpaired) electrons. The summed E-state index contributed by atoms with van der Waals surface area (Å²) in [5.74, 6) is 1.17. The summed E-state index contributed by atoms with van der Waals surface area (Å²) in [6.07, 6.45) is 2.67. The van der Waals surface area contributed by atoms with Gasteiger partial charge in [-0.3, -0.25) is 4.79 Å². The van der Waals surface area contributed by atoms with Crippen LogP contribution in [0.1, 0.15) is 19.3 Å².